The summed E-state index contributed by atoms with van der Waals surface area (Å²) in [5, 5.41) is 4.07. The molecule has 0 radical (unpaired) electrons. The largest absolute Gasteiger partial charge is 0.474 e. The van der Waals surface area contributed by atoms with Crippen LogP contribution in [0.5, 0.6) is 5.88 Å². The van der Waals surface area contributed by atoms with Crippen molar-refractivity contribution in [3.8, 4) is 5.88 Å². The number of pyridine rings is 1. The molecule has 20 heavy (non-hydrogen) atoms. The van der Waals surface area contributed by atoms with Gasteiger partial charge in [0.1, 0.15) is 12.3 Å². The van der Waals surface area contributed by atoms with E-state index in [4.69, 9.17) is 9.26 Å². The predicted octanol–water partition coefficient (Wildman–Crippen LogP) is 2.05. The summed E-state index contributed by atoms with van der Waals surface area (Å²) in [4.78, 5) is 11.1. The summed E-state index contributed by atoms with van der Waals surface area (Å²) in [5.74, 6) is 2.72. The maximum absolute atomic E-state index is 5.61. The highest BCUT2D eigenvalue weighted by Gasteiger charge is 2.30. The molecular formula is C14H16N4O2. The van der Waals surface area contributed by atoms with Crippen molar-refractivity contribution in [1.82, 2.24) is 15.1 Å². The fourth-order valence-corrected chi connectivity index (χ4v) is 2.41. The van der Waals surface area contributed by atoms with Crippen molar-refractivity contribution >= 4 is 5.69 Å². The van der Waals surface area contributed by atoms with Gasteiger partial charge in [0.15, 0.2) is 5.82 Å². The van der Waals surface area contributed by atoms with E-state index in [2.05, 4.69) is 20.0 Å². The summed E-state index contributed by atoms with van der Waals surface area (Å²) in [5.41, 5.74) is 1.96. The Balaban J connectivity index is 1.56. The van der Waals surface area contributed by atoms with Gasteiger partial charge in [-0.25, -0.2) is 4.98 Å². The molecule has 0 bridgehead atoms. The minimum Gasteiger partial charge on any atom is -0.474 e. The van der Waals surface area contributed by atoms with Gasteiger partial charge in [0.25, 0.3) is 0 Å². The van der Waals surface area contributed by atoms with Crippen LogP contribution in [0.15, 0.2) is 16.7 Å². The van der Waals surface area contributed by atoms with Gasteiger partial charge in [-0.3, -0.25) is 0 Å². The monoisotopic (exact) mass is 272 g/mol. The molecule has 0 unspecified atom stereocenters. The number of aryl methyl sites for hydroxylation is 1. The number of nitrogens with zero attached hydrogens (tertiary/aromatic N) is 4. The van der Waals surface area contributed by atoms with Crippen LogP contribution >= 0.6 is 0 Å². The number of hydrogen-bond acceptors (Lipinski definition) is 6. The van der Waals surface area contributed by atoms with Crippen LogP contribution in [0, 0.1) is 6.92 Å². The van der Waals surface area contributed by atoms with Crippen molar-refractivity contribution in [2.24, 2.45) is 0 Å². The van der Waals surface area contributed by atoms with E-state index in [0.717, 1.165) is 29.6 Å². The van der Waals surface area contributed by atoms with Gasteiger partial charge in [0.05, 0.1) is 13.1 Å². The van der Waals surface area contributed by atoms with Crippen molar-refractivity contribution in [3.63, 3.8) is 0 Å². The maximum atomic E-state index is 5.61. The first kappa shape index (κ1) is 11.7. The second-order valence-corrected chi connectivity index (χ2v) is 5.37. The normalized spacial score (nSPS) is 17.8. The lowest BCUT2D eigenvalue weighted by molar-refractivity contribution is 0.293. The van der Waals surface area contributed by atoms with Crippen molar-refractivity contribution < 1.29 is 9.26 Å². The summed E-state index contributed by atoms with van der Waals surface area (Å²) in [7, 11) is 0. The van der Waals surface area contributed by atoms with Crippen LogP contribution in [0.3, 0.4) is 0 Å². The number of fused-ring (bicyclic) bond motifs is 1. The van der Waals surface area contributed by atoms with E-state index in [1.807, 2.05) is 19.1 Å². The molecule has 2 aromatic heterocycles. The van der Waals surface area contributed by atoms with Crippen LogP contribution in [0.2, 0.25) is 0 Å². The zero-order chi connectivity index (χ0) is 13.5. The molecule has 1 fully saturated rings. The van der Waals surface area contributed by atoms with Crippen molar-refractivity contribution in [2.45, 2.75) is 32.2 Å². The lowest BCUT2D eigenvalue weighted by atomic mass is 10.2. The van der Waals surface area contributed by atoms with Crippen LogP contribution < -0.4 is 9.64 Å². The van der Waals surface area contributed by atoms with E-state index < -0.39 is 0 Å². The average Bonchev–Trinajstić information content (AvgIpc) is 3.19. The highest BCUT2D eigenvalue weighted by Crippen LogP contribution is 2.39. The summed E-state index contributed by atoms with van der Waals surface area (Å²) in [6, 6.07) is 4.03. The number of anilines is 1. The molecule has 104 valence electrons. The Morgan fingerprint density at radius 3 is 3.05 bits per heavy atom. The van der Waals surface area contributed by atoms with E-state index in [-0.39, 0.29) is 0 Å². The lowest BCUT2D eigenvalue weighted by Crippen LogP contribution is -2.33. The van der Waals surface area contributed by atoms with Crippen molar-refractivity contribution in [2.75, 3.05) is 18.1 Å². The molecule has 0 aromatic carbocycles. The first-order valence-electron chi connectivity index (χ1n) is 6.97. The van der Waals surface area contributed by atoms with E-state index in [9.17, 15) is 0 Å². The molecule has 3 heterocycles. The quantitative estimate of drug-likeness (QED) is 0.852. The second-order valence-electron chi connectivity index (χ2n) is 5.37. The molecule has 0 saturated heterocycles. The van der Waals surface area contributed by atoms with Gasteiger partial charge in [-0.2, -0.15) is 4.98 Å². The number of ether oxygens (including phenoxy) is 1. The van der Waals surface area contributed by atoms with Crippen molar-refractivity contribution in [3.05, 3.63) is 29.5 Å². The van der Waals surface area contributed by atoms with Gasteiger partial charge >= 0.3 is 0 Å². The zero-order valence-corrected chi connectivity index (χ0v) is 11.4. The van der Waals surface area contributed by atoms with Gasteiger partial charge in [-0.1, -0.05) is 5.16 Å². The highest BCUT2D eigenvalue weighted by molar-refractivity contribution is 5.56. The van der Waals surface area contributed by atoms with Gasteiger partial charge in [0.2, 0.25) is 11.8 Å². The van der Waals surface area contributed by atoms with Crippen LogP contribution in [-0.4, -0.2) is 28.3 Å². The minimum absolute atomic E-state index is 0.498. The third-order valence-electron chi connectivity index (χ3n) is 3.66. The molecule has 6 nitrogen and oxygen atoms in total. The van der Waals surface area contributed by atoms with Crippen LogP contribution in [0.25, 0.3) is 0 Å². The Hall–Kier alpha value is -2.11. The Bertz CT molecular complexity index is 636. The van der Waals surface area contributed by atoms with Gasteiger partial charge < -0.3 is 14.2 Å². The van der Waals surface area contributed by atoms with E-state index >= 15 is 0 Å². The smallest absolute Gasteiger partial charge is 0.237 e. The molecule has 1 saturated carbocycles. The summed E-state index contributed by atoms with van der Waals surface area (Å²) in [6.07, 6.45) is 2.34. The van der Waals surface area contributed by atoms with Gasteiger partial charge in [-0.15, -0.1) is 0 Å². The summed E-state index contributed by atoms with van der Waals surface area (Å²) >= 11 is 0. The molecule has 0 amide bonds. The Morgan fingerprint density at radius 1 is 1.30 bits per heavy atom. The predicted molar refractivity (Wildman–Crippen MR) is 71.8 cm³/mol. The lowest BCUT2D eigenvalue weighted by Gasteiger charge is -2.29. The SMILES string of the molecule is Cc1ccc2c(n1)OCCN2Cc1noc(C2CC2)n1. The molecule has 6 heteroatoms. The zero-order valence-electron chi connectivity index (χ0n) is 11.4. The van der Waals surface area contributed by atoms with E-state index in [1.54, 1.807) is 0 Å². The fraction of sp³-hybridized carbons (Fsp3) is 0.500. The molecule has 0 atom stereocenters. The standard InChI is InChI=1S/C14H16N4O2/c1-9-2-5-11-14(15-9)19-7-6-18(11)8-12-16-13(20-17-12)10-3-4-10/h2,5,10H,3-4,6-8H2,1H3. The van der Waals surface area contributed by atoms with Gasteiger partial charge in [0, 0.05) is 11.6 Å². The maximum Gasteiger partial charge on any atom is 0.237 e. The molecule has 1 aliphatic heterocycles. The third-order valence-corrected chi connectivity index (χ3v) is 3.66. The molecule has 2 aliphatic rings. The Morgan fingerprint density at radius 2 is 2.20 bits per heavy atom. The van der Waals surface area contributed by atoms with Crippen LogP contribution in [-0.2, 0) is 6.54 Å². The molecular weight excluding hydrogens is 256 g/mol. The molecule has 2 aromatic rings. The molecule has 4 rings (SSSR count). The number of aromatic nitrogens is 3. The second kappa shape index (κ2) is 4.47. The highest BCUT2D eigenvalue weighted by atomic mass is 16.5. The van der Waals surface area contributed by atoms with Gasteiger partial charge in [-0.05, 0) is 31.9 Å². The number of hydrogen-bond donors (Lipinski definition) is 0. The third kappa shape index (κ3) is 2.11. The average molecular weight is 272 g/mol. The first-order valence-corrected chi connectivity index (χ1v) is 6.97. The first-order chi connectivity index (χ1) is 9.79. The minimum atomic E-state index is 0.498. The van der Waals surface area contributed by atoms with Crippen LogP contribution in [0.4, 0.5) is 5.69 Å². The molecule has 0 N–H and O–H groups in total. The topological polar surface area (TPSA) is 64.3 Å². The summed E-state index contributed by atoms with van der Waals surface area (Å²) < 4.78 is 10.9. The Kier molecular flexibility index (Phi) is 2.61. The summed E-state index contributed by atoms with van der Waals surface area (Å²) in [6.45, 7) is 4.04. The van der Waals surface area contributed by atoms with Crippen LogP contribution in [0.1, 0.15) is 36.2 Å². The fourth-order valence-electron chi connectivity index (χ4n) is 2.41. The Labute approximate surface area is 116 Å². The van der Waals surface area contributed by atoms with Crippen molar-refractivity contribution in [1.29, 1.82) is 0 Å². The molecule has 0 spiro atoms. The van der Waals surface area contributed by atoms with E-state index in [0.29, 0.717) is 24.9 Å². The number of rotatable bonds is 3. The van der Waals surface area contributed by atoms with E-state index in [1.165, 1.54) is 12.8 Å². The molecule has 1 aliphatic carbocycles.